The molecule has 0 fully saturated rings. The summed E-state index contributed by atoms with van der Waals surface area (Å²) >= 11 is 3.48. The normalized spacial score (nSPS) is 14.9. The Bertz CT molecular complexity index is 171. The van der Waals surface area contributed by atoms with E-state index in [2.05, 4.69) is 36.7 Å². The van der Waals surface area contributed by atoms with Crippen molar-refractivity contribution in [2.24, 2.45) is 5.92 Å². The third kappa shape index (κ3) is 6.41. The van der Waals surface area contributed by atoms with E-state index in [-0.39, 0.29) is 5.91 Å². The molecule has 0 N–H and O–H groups in total. The minimum Gasteiger partial charge on any atom is -0.346 e. The molecule has 0 aromatic heterocycles. The first-order chi connectivity index (χ1) is 6.47. The molecule has 0 saturated heterocycles. The van der Waals surface area contributed by atoms with Crippen LogP contribution in [-0.4, -0.2) is 29.2 Å². The van der Waals surface area contributed by atoms with Gasteiger partial charge in [0.15, 0.2) is 0 Å². The molecular formula is C11H22BrNO. The number of rotatable bonds is 6. The lowest BCUT2D eigenvalue weighted by atomic mass is 10.0. The van der Waals surface area contributed by atoms with Crippen molar-refractivity contribution in [3.05, 3.63) is 0 Å². The van der Waals surface area contributed by atoms with Crippen molar-refractivity contribution in [3.63, 3.8) is 0 Å². The van der Waals surface area contributed by atoms with Gasteiger partial charge in [-0.15, -0.1) is 0 Å². The summed E-state index contributed by atoms with van der Waals surface area (Å²) in [5.41, 5.74) is 0. The van der Waals surface area contributed by atoms with Crippen LogP contribution in [0.15, 0.2) is 0 Å². The van der Waals surface area contributed by atoms with Crippen LogP contribution < -0.4 is 0 Å². The van der Waals surface area contributed by atoms with Crippen molar-refractivity contribution < 1.29 is 4.79 Å². The van der Waals surface area contributed by atoms with Crippen molar-refractivity contribution in [2.75, 3.05) is 13.6 Å². The van der Waals surface area contributed by atoms with E-state index < -0.39 is 0 Å². The standard InChI is InChI=1S/C11H22BrNO/c1-5-9(2)8-11(14)13(4)7-6-10(3)12/h9-10H,5-8H2,1-4H3. The lowest BCUT2D eigenvalue weighted by Crippen LogP contribution is -2.29. The highest BCUT2D eigenvalue weighted by atomic mass is 79.9. The molecule has 0 aromatic rings. The minimum absolute atomic E-state index is 0.271. The highest BCUT2D eigenvalue weighted by Crippen LogP contribution is 2.10. The van der Waals surface area contributed by atoms with E-state index in [0.717, 1.165) is 19.4 Å². The molecule has 3 heteroatoms. The maximum absolute atomic E-state index is 11.6. The van der Waals surface area contributed by atoms with Gasteiger partial charge in [0, 0.05) is 24.8 Å². The molecule has 0 aliphatic rings. The lowest BCUT2D eigenvalue weighted by Gasteiger charge is -2.19. The molecule has 14 heavy (non-hydrogen) atoms. The average molecular weight is 264 g/mol. The van der Waals surface area contributed by atoms with E-state index in [0.29, 0.717) is 17.2 Å². The van der Waals surface area contributed by atoms with Gasteiger partial charge < -0.3 is 4.90 Å². The SMILES string of the molecule is CCC(C)CC(=O)N(C)CCC(C)Br. The summed E-state index contributed by atoms with van der Waals surface area (Å²) < 4.78 is 0. The largest absolute Gasteiger partial charge is 0.346 e. The second kappa shape index (κ2) is 7.27. The van der Waals surface area contributed by atoms with Gasteiger partial charge in [0.1, 0.15) is 0 Å². The van der Waals surface area contributed by atoms with E-state index in [1.165, 1.54) is 0 Å². The average Bonchev–Trinajstić information content (AvgIpc) is 2.13. The van der Waals surface area contributed by atoms with Gasteiger partial charge in [0.2, 0.25) is 5.91 Å². The zero-order chi connectivity index (χ0) is 11.1. The highest BCUT2D eigenvalue weighted by Gasteiger charge is 2.12. The van der Waals surface area contributed by atoms with Crippen LogP contribution in [0.25, 0.3) is 0 Å². The number of alkyl halides is 1. The molecule has 0 aliphatic heterocycles. The van der Waals surface area contributed by atoms with E-state index in [9.17, 15) is 4.79 Å². The summed E-state index contributed by atoms with van der Waals surface area (Å²) in [5.74, 6) is 0.777. The Hall–Kier alpha value is -0.0500. The zero-order valence-corrected chi connectivity index (χ0v) is 11.3. The van der Waals surface area contributed by atoms with Gasteiger partial charge in [0.25, 0.3) is 0 Å². The molecule has 0 aliphatic carbocycles. The van der Waals surface area contributed by atoms with Crippen molar-refractivity contribution in [1.29, 1.82) is 0 Å². The fourth-order valence-corrected chi connectivity index (χ4v) is 1.30. The summed E-state index contributed by atoms with van der Waals surface area (Å²) in [6, 6.07) is 0. The molecule has 2 nitrogen and oxygen atoms in total. The van der Waals surface area contributed by atoms with Crippen LogP contribution >= 0.6 is 15.9 Å². The Morgan fingerprint density at radius 3 is 2.43 bits per heavy atom. The first kappa shape index (κ1) is 13.9. The van der Waals surface area contributed by atoms with Crippen LogP contribution in [0.1, 0.15) is 40.0 Å². The molecule has 0 bridgehead atoms. The van der Waals surface area contributed by atoms with E-state index in [4.69, 9.17) is 0 Å². The van der Waals surface area contributed by atoms with Gasteiger partial charge in [-0.2, -0.15) is 0 Å². The van der Waals surface area contributed by atoms with Gasteiger partial charge in [0.05, 0.1) is 0 Å². The van der Waals surface area contributed by atoms with Crippen molar-refractivity contribution in [2.45, 2.75) is 44.9 Å². The van der Waals surface area contributed by atoms with Gasteiger partial charge >= 0.3 is 0 Å². The predicted molar refractivity (Wildman–Crippen MR) is 64.7 cm³/mol. The van der Waals surface area contributed by atoms with Crippen LogP contribution in [0.2, 0.25) is 0 Å². The second-order valence-electron chi connectivity index (χ2n) is 4.10. The number of hydrogen-bond donors (Lipinski definition) is 0. The zero-order valence-electron chi connectivity index (χ0n) is 9.72. The summed E-state index contributed by atoms with van der Waals surface area (Å²) in [6.45, 7) is 7.20. The number of carbonyl (C=O) groups excluding carboxylic acids is 1. The first-order valence-electron chi connectivity index (χ1n) is 5.35. The molecule has 0 rings (SSSR count). The molecule has 2 atom stereocenters. The van der Waals surface area contributed by atoms with Gasteiger partial charge in [-0.3, -0.25) is 4.79 Å². The summed E-state index contributed by atoms with van der Waals surface area (Å²) in [7, 11) is 1.89. The molecule has 0 heterocycles. The third-order valence-corrected chi connectivity index (χ3v) is 2.97. The predicted octanol–water partition coefficient (Wildman–Crippen LogP) is 3.05. The Balaban J connectivity index is 3.76. The van der Waals surface area contributed by atoms with Crippen LogP contribution in [0, 0.1) is 5.92 Å². The van der Waals surface area contributed by atoms with E-state index in [1.807, 2.05) is 11.9 Å². The van der Waals surface area contributed by atoms with Crippen LogP contribution in [0.4, 0.5) is 0 Å². The van der Waals surface area contributed by atoms with Gasteiger partial charge in [-0.25, -0.2) is 0 Å². The molecule has 2 unspecified atom stereocenters. The maximum Gasteiger partial charge on any atom is 0.222 e. The maximum atomic E-state index is 11.6. The number of hydrogen-bond acceptors (Lipinski definition) is 1. The smallest absolute Gasteiger partial charge is 0.222 e. The molecular weight excluding hydrogens is 242 g/mol. The van der Waals surface area contributed by atoms with E-state index in [1.54, 1.807) is 0 Å². The molecule has 0 aromatic carbocycles. The molecule has 1 amide bonds. The van der Waals surface area contributed by atoms with Crippen molar-refractivity contribution in [1.82, 2.24) is 4.90 Å². The molecule has 0 saturated carbocycles. The topological polar surface area (TPSA) is 20.3 Å². The number of nitrogens with zero attached hydrogens (tertiary/aromatic N) is 1. The Morgan fingerprint density at radius 1 is 1.43 bits per heavy atom. The highest BCUT2D eigenvalue weighted by molar-refractivity contribution is 9.09. The van der Waals surface area contributed by atoms with Crippen LogP contribution in [0.3, 0.4) is 0 Å². The first-order valence-corrected chi connectivity index (χ1v) is 6.27. The molecule has 0 spiro atoms. The molecule has 0 radical (unpaired) electrons. The van der Waals surface area contributed by atoms with Crippen molar-refractivity contribution >= 4 is 21.8 Å². The third-order valence-electron chi connectivity index (χ3n) is 2.51. The summed E-state index contributed by atoms with van der Waals surface area (Å²) in [5, 5.41) is 0. The van der Waals surface area contributed by atoms with E-state index >= 15 is 0 Å². The summed E-state index contributed by atoms with van der Waals surface area (Å²) in [4.78, 5) is 14.0. The Morgan fingerprint density at radius 2 is 2.00 bits per heavy atom. The molecule has 84 valence electrons. The van der Waals surface area contributed by atoms with Crippen LogP contribution in [0.5, 0.6) is 0 Å². The van der Waals surface area contributed by atoms with Gasteiger partial charge in [-0.1, -0.05) is 43.1 Å². The lowest BCUT2D eigenvalue weighted by molar-refractivity contribution is -0.130. The monoisotopic (exact) mass is 263 g/mol. The Labute approximate surface area is 96.2 Å². The number of amides is 1. The van der Waals surface area contributed by atoms with Crippen molar-refractivity contribution in [3.8, 4) is 0 Å². The fourth-order valence-electron chi connectivity index (χ4n) is 1.09. The quantitative estimate of drug-likeness (QED) is 0.675. The number of halogens is 1. The second-order valence-corrected chi connectivity index (χ2v) is 5.67. The number of carbonyl (C=O) groups is 1. The fraction of sp³-hybridized carbons (Fsp3) is 0.909. The van der Waals surface area contributed by atoms with Crippen LogP contribution in [-0.2, 0) is 4.79 Å². The Kier molecular flexibility index (Phi) is 7.24. The summed E-state index contributed by atoms with van der Waals surface area (Å²) in [6.07, 6.45) is 2.78. The van der Waals surface area contributed by atoms with Gasteiger partial charge in [-0.05, 0) is 12.3 Å². The minimum atomic E-state index is 0.271.